The van der Waals surface area contributed by atoms with Gasteiger partial charge in [0.05, 0.1) is 5.75 Å². The Bertz CT molecular complexity index is 399. The fourth-order valence-electron chi connectivity index (χ4n) is 1.59. The van der Waals surface area contributed by atoms with Crippen LogP contribution in [0.25, 0.3) is 0 Å². The molecule has 108 valence electrons. The van der Waals surface area contributed by atoms with Crippen LogP contribution < -0.4 is 0 Å². The van der Waals surface area contributed by atoms with Crippen LogP contribution in [0.4, 0.5) is 0 Å². The predicted octanol–water partition coefficient (Wildman–Crippen LogP) is 1.48. The number of carboxylic acids is 1. The van der Waals surface area contributed by atoms with E-state index in [0.717, 1.165) is 43.3 Å². The van der Waals surface area contributed by atoms with Gasteiger partial charge in [0.2, 0.25) is 0 Å². The van der Waals surface area contributed by atoms with Crippen LogP contribution in [0.5, 0.6) is 0 Å². The molecule has 0 aromatic carbocycles. The number of carbonyl (C=O) groups is 1. The maximum absolute atomic E-state index is 10.6. The maximum atomic E-state index is 10.6. The van der Waals surface area contributed by atoms with Gasteiger partial charge in [-0.15, -0.1) is 10.2 Å². The number of thioether (sulfide) groups is 2. The van der Waals surface area contributed by atoms with E-state index in [1.165, 1.54) is 0 Å². The first-order chi connectivity index (χ1) is 9.19. The summed E-state index contributed by atoms with van der Waals surface area (Å²) >= 11 is 2.97. The van der Waals surface area contributed by atoms with Crippen molar-refractivity contribution in [1.29, 1.82) is 0 Å². The lowest BCUT2D eigenvalue weighted by atomic mass is 10.2. The highest BCUT2D eigenvalue weighted by Gasteiger charge is 2.12. The molecule has 2 N–H and O–H groups in total. The van der Waals surface area contributed by atoms with Crippen LogP contribution in [0.1, 0.15) is 25.1 Å². The Labute approximate surface area is 121 Å². The van der Waals surface area contributed by atoms with Crippen molar-refractivity contribution in [3.05, 3.63) is 5.82 Å². The van der Waals surface area contributed by atoms with E-state index < -0.39 is 5.97 Å². The van der Waals surface area contributed by atoms with Gasteiger partial charge in [0, 0.05) is 6.54 Å². The third kappa shape index (κ3) is 5.84. The lowest BCUT2D eigenvalue weighted by Gasteiger charge is -2.08. The Morgan fingerprint density at radius 1 is 1.32 bits per heavy atom. The average Bonchev–Trinajstić information content (AvgIpc) is 2.78. The van der Waals surface area contributed by atoms with Gasteiger partial charge in [0.25, 0.3) is 0 Å². The number of rotatable bonds is 10. The minimum atomic E-state index is -0.884. The number of hydrogen-bond acceptors (Lipinski definition) is 6. The minimum Gasteiger partial charge on any atom is -0.481 e. The fourth-order valence-corrected chi connectivity index (χ4v) is 2.78. The molecule has 8 heteroatoms. The number of hydrogen-bond donors (Lipinski definition) is 2. The normalized spacial score (nSPS) is 10.8. The van der Waals surface area contributed by atoms with E-state index in [-0.39, 0.29) is 12.4 Å². The van der Waals surface area contributed by atoms with Gasteiger partial charge in [-0.1, -0.05) is 18.2 Å². The van der Waals surface area contributed by atoms with Crippen LogP contribution in [0.3, 0.4) is 0 Å². The molecule has 0 atom stereocenters. The maximum Gasteiger partial charge on any atom is 0.313 e. The molecule has 0 spiro atoms. The summed E-state index contributed by atoms with van der Waals surface area (Å²) < 4.78 is 1.81. The zero-order valence-corrected chi connectivity index (χ0v) is 12.5. The Morgan fingerprint density at radius 3 is 2.74 bits per heavy atom. The summed E-state index contributed by atoms with van der Waals surface area (Å²) in [6.45, 7) is 0.546. The number of nitrogens with zero attached hydrogens (tertiary/aromatic N) is 3. The number of aliphatic carboxylic acids is 1. The summed E-state index contributed by atoms with van der Waals surface area (Å²) in [6, 6.07) is 0. The van der Waals surface area contributed by atoms with E-state index >= 15 is 0 Å². The van der Waals surface area contributed by atoms with Crippen molar-refractivity contribution >= 4 is 29.5 Å². The van der Waals surface area contributed by atoms with E-state index in [1.807, 2.05) is 16.3 Å². The van der Waals surface area contributed by atoms with E-state index in [9.17, 15) is 9.90 Å². The number of aliphatic hydroxyl groups is 1. The Kier molecular flexibility index (Phi) is 7.92. The van der Waals surface area contributed by atoms with E-state index in [0.29, 0.717) is 11.0 Å². The van der Waals surface area contributed by atoms with Crippen molar-refractivity contribution in [2.45, 2.75) is 37.6 Å². The fraction of sp³-hybridized carbons (Fsp3) is 0.727. The van der Waals surface area contributed by atoms with Gasteiger partial charge < -0.3 is 14.8 Å². The number of carboxylic acid groups (broad SMARTS) is 1. The van der Waals surface area contributed by atoms with Gasteiger partial charge in [-0.3, -0.25) is 4.79 Å². The molecule has 1 aromatic heterocycles. The molecule has 1 aromatic rings. The second-order valence-electron chi connectivity index (χ2n) is 3.94. The standard InChI is InChI=1S/C11H19N3O3S2/c1-18-6-4-2-3-5-14-9(7-15)12-13-11(14)19-8-10(16)17/h15H,2-8H2,1H3,(H,16,17). The molecule has 0 saturated heterocycles. The topological polar surface area (TPSA) is 88.2 Å². The second-order valence-corrected chi connectivity index (χ2v) is 5.87. The molecule has 0 bridgehead atoms. The summed E-state index contributed by atoms with van der Waals surface area (Å²) in [5.74, 6) is 0.717. The van der Waals surface area contributed by atoms with Crippen LogP contribution in [-0.2, 0) is 17.9 Å². The van der Waals surface area contributed by atoms with Crippen LogP contribution >= 0.6 is 23.5 Å². The minimum absolute atomic E-state index is 0.0456. The molecule has 1 rings (SSSR count). The zero-order chi connectivity index (χ0) is 14.1. The molecular weight excluding hydrogens is 286 g/mol. The van der Waals surface area contributed by atoms with Crippen molar-refractivity contribution in [3.63, 3.8) is 0 Å². The molecule has 0 aliphatic rings. The van der Waals surface area contributed by atoms with Crippen molar-refractivity contribution in [3.8, 4) is 0 Å². The van der Waals surface area contributed by atoms with E-state index in [2.05, 4.69) is 16.5 Å². The molecule has 0 saturated carbocycles. The highest BCUT2D eigenvalue weighted by Crippen LogP contribution is 2.18. The van der Waals surface area contributed by atoms with Crippen molar-refractivity contribution in [1.82, 2.24) is 14.8 Å². The van der Waals surface area contributed by atoms with Crippen molar-refractivity contribution in [2.75, 3.05) is 17.8 Å². The molecule has 1 heterocycles. The number of aliphatic hydroxyl groups excluding tert-OH is 1. The van der Waals surface area contributed by atoms with Crippen LogP contribution in [0, 0.1) is 0 Å². The second kappa shape index (κ2) is 9.22. The van der Waals surface area contributed by atoms with Crippen LogP contribution in [0.15, 0.2) is 5.16 Å². The summed E-state index contributed by atoms with van der Waals surface area (Å²) in [6.07, 6.45) is 5.33. The SMILES string of the molecule is CSCCCCCn1c(CO)nnc1SCC(=O)O. The van der Waals surface area contributed by atoms with E-state index in [1.54, 1.807) is 0 Å². The first-order valence-corrected chi connectivity index (χ1v) is 8.43. The van der Waals surface area contributed by atoms with Gasteiger partial charge in [-0.25, -0.2) is 0 Å². The Balaban J connectivity index is 2.52. The number of unbranched alkanes of at least 4 members (excludes halogenated alkanes) is 2. The third-order valence-electron chi connectivity index (χ3n) is 2.49. The van der Waals surface area contributed by atoms with Gasteiger partial charge in [-0.05, 0) is 24.9 Å². The molecule has 19 heavy (non-hydrogen) atoms. The Morgan fingerprint density at radius 2 is 2.11 bits per heavy atom. The average molecular weight is 305 g/mol. The highest BCUT2D eigenvalue weighted by atomic mass is 32.2. The molecule has 6 nitrogen and oxygen atoms in total. The molecule has 0 radical (unpaired) electrons. The smallest absolute Gasteiger partial charge is 0.313 e. The lowest BCUT2D eigenvalue weighted by molar-refractivity contribution is -0.133. The lowest BCUT2D eigenvalue weighted by Crippen LogP contribution is -2.07. The summed E-state index contributed by atoms with van der Waals surface area (Å²) in [5.41, 5.74) is 0. The zero-order valence-electron chi connectivity index (χ0n) is 10.9. The highest BCUT2D eigenvalue weighted by molar-refractivity contribution is 7.99. The van der Waals surface area contributed by atoms with Crippen molar-refractivity contribution in [2.24, 2.45) is 0 Å². The molecule has 0 unspecified atom stereocenters. The molecule has 0 amide bonds. The van der Waals surface area contributed by atoms with Gasteiger partial charge in [-0.2, -0.15) is 11.8 Å². The summed E-state index contributed by atoms with van der Waals surface area (Å²) in [4.78, 5) is 10.6. The number of aromatic nitrogens is 3. The van der Waals surface area contributed by atoms with Crippen LogP contribution in [-0.4, -0.2) is 48.7 Å². The molecular formula is C11H19N3O3S2. The first-order valence-electron chi connectivity index (χ1n) is 6.05. The van der Waals surface area contributed by atoms with Gasteiger partial charge >= 0.3 is 5.97 Å². The van der Waals surface area contributed by atoms with Crippen molar-refractivity contribution < 1.29 is 15.0 Å². The molecule has 0 aliphatic heterocycles. The third-order valence-corrected chi connectivity index (χ3v) is 4.14. The molecule has 0 fully saturated rings. The first kappa shape index (κ1) is 16.3. The quantitative estimate of drug-likeness (QED) is 0.500. The monoisotopic (exact) mass is 305 g/mol. The predicted molar refractivity (Wildman–Crippen MR) is 76.5 cm³/mol. The summed E-state index contributed by atoms with van der Waals surface area (Å²) in [7, 11) is 0. The Hall–Kier alpha value is -0.730. The van der Waals surface area contributed by atoms with Gasteiger partial charge in [0.15, 0.2) is 11.0 Å². The van der Waals surface area contributed by atoms with Gasteiger partial charge in [0.1, 0.15) is 6.61 Å². The summed E-state index contributed by atoms with van der Waals surface area (Å²) in [5, 5.41) is 26.2. The largest absolute Gasteiger partial charge is 0.481 e. The molecule has 0 aliphatic carbocycles. The van der Waals surface area contributed by atoms with Crippen LogP contribution in [0.2, 0.25) is 0 Å². The van der Waals surface area contributed by atoms with E-state index in [4.69, 9.17) is 5.11 Å².